The summed E-state index contributed by atoms with van der Waals surface area (Å²) >= 11 is 0. The first-order chi connectivity index (χ1) is 31.5. The van der Waals surface area contributed by atoms with Crippen LogP contribution in [0.4, 0.5) is 0 Å². The molecule has 0 saturated heterocycles. The number of halogens is 2. The smallest absolute Gasteiger partial charge is 0.338 e. The molecule has 0 aliphatic heterocycles. The maximum absolute atomic E-state index is 14.3. The number of esters is 1. The molecule has 5 aromatic carbocycles. The van der Waals surface area contributed by atoms with Gasteiger partial charge in [0.15, 0.2) is 12.4 Å². The zero-order chi connectivity index (χ0) is 46.6. The number of carbonyl (C=O) groups is 4. The van der Waals surface area contributed by atoms with E-state index in [4.69, 9.17) is 25.7 Å². The van der Waals surface area contributed by atoms with Gasteiger partial charge >= 0.3 is 11.9 Å². The molecule has 0 unspecified atom stereocenters. The number of amides is 2. The van der Waals surface area contributed by atoms with Gasteiger partial charge < -0.3 is 55.4 Å². The molecule has 3 atom stereocenters. The standard InChI is InChI=1S/C52H64N6O7.2ClH/c1-4-15-43(51(62)65-33-36-16-6-5-7-17-36)58-50(61)39(20-14-30-56-52(54)55)32-44(59)42(23-12-13-29-53)57-47(60)34-64-46-27-25-38-19-9-11-22-41(38)49(46)48-40-21-10-8-18-37(40)24-26-45(48)63-31-28-35(2)3;;/h4-11,16-19,21-22,24-27,35,39,42-43H,1,12-15,20,23,28-34,53H2,2-3H3,(H,57,60)(H,58,61)(H4,54,55,56);2*1H/t39-,42+,43-;;/m0../s1. The van der Waals surface area contributed by atoms with Crippen molar-refractivity contribution in [2.45, 2.75) is 83.9 Å². The average Bonchev–Trinajstić information content (AvgIpc) is 3.30. The Morgan fingerprint density at radius 1 is 0.731 bits per heavy atom. The predicted octanol–water partition coefficient (Wildman–Crippen LogP) is -1.12. The van der Waals surface area contributed by atoms with Crippen LogP contribution in [0.3, 0.4) is 0 Å². The molecular weight excluding hydrogens is 892 g/mol. The van der Waals surface area contributed by atoms with E-state index in [0.29, 0.717) is 56.4 Å². The molecule has 5 aromatic rings. The van der Waals surface area contributed by atoms with E-state index in [0.717, 1.165) is 51.1 Å². The third-order valence-electron chi connectivity index (χ3n) is 11.2. The molecule has 5 rings (SSSR count). The van der Waals surface area contributed by atoms with Gasteiger partial charge in [0.25, 0.3) is 5.91 Å². The molecule has 15 heteroatoms. The summed E-state index contributed by atoms with van der Waals surface area (Å²) in [7, 11) is 0. The van der Waals surface area contributed by atoms with Crippen molar-refractivity contribution in [1.29, 1.82) is 0 Å². The van der Waals surface area contributed by atoms with Gasteiger partial charge in [-0.2, -0.15) is 0 Å². The van der Waals surface area contributed by atoms with Crippen molar-refractivity contribution in [3.8, 4) is 22.6 Å². The van der Waals surface area contributed by atoms with Gasteiger partial charge in [-0.05, 0) is 90.1 Å². The molecule has 67 heavy (non-hydrogen) atoms. The molecule has 0 radical (unpaired) electrons. The minimum atomic E-state index is -1.02. The minimum Gasteiger partial charge on any atom is -1.00 e. The van der Waals surface area contributed by atoms with Crippen LogP contribution in [0.2, 0.25) is 0 Å². The number of quaternary nitrogens is 1. The number of ether oxygens (including phenoxy) is 3. The van der Waals surface area contributed by atoms with E-state index >= 15 is 0 Å². The van der Waals surface area contributed by atoms with Gasteiger partial charge in [-0.3, -0.25) is 30.8 Å². The van der Waals surface area contributed by atoms with Crippen LogP contribution < -0.4 is 67.1 Å². The fourth-order valence-corrected chi connectivity index (χ4v) is 7.67. The summed E-state index contributed by atoms with van der Waals surface area (Å²) in [6, 6.07) is 31.3. The van der Waals surface area contributed by atoms with Gasteiger partial charge in [0.1, 0.15) is 24.1 Å². The Hall–Kier alpha value is -6.15. The van der Waals surface area contributed by atoms with Gasteiger partial charge in [0.2, 0.25) is 5.91 Å². The molecule has 0 fully saturated rings. The SMILES string of the molecule is C=CC[C@H](NC(=O)[C@@H](CCC[NH+]=C(N)N)CC(=O)[C@@H](CCCC[NH3+])NC(=O)COc1ccc2ccccc2c1-c1c(OCCC(C)C)ccc2ccccc12)C(=O)OCc1ccccc1.[Cl-].[Cl-]. The Balaban J connectivity index is 0.00000595. The topological polar surface area (TPSA) is 214 Å². The number of guanidine groups is 1. The molecule has 0 saturated carbocycles. The highest BCUT2D eigenvalue weighted by molar-refractivity contribution is 6.10. The summed E-state index contributed by atoms with van der Waals surface area (Å²) < 4.78 is 18.4. The van der Waals surface area contributed by atoms with Crippen molar-refractivity contribution in [3.05, 3.63) is 121 Å². The zero-order valence-corrected chi connectivity index (χ0v) is 40.1. The number of Topliss-reactive ketones (excluding diaryl/α,β-unsaturated/α-hetero) is 1. The van der Waals surface area contributed by atoms with Gasteiger partial charge in [-0.1, -0.05) is 111 Å². The second-order valence-corrected chi connectivity index (χ2v) is 16.7. The lowest BCUT2D eigenvalue weighted by Crippen LogP contribution is -3.00. The van der Waals surface area contributed by atoms with Crippen LogP contribution in [0.5, 0.6) is 11.5 Å². The summed E-state index contributed by atoms with van der Waals surface area (Å²) in [6.45, 7) is 9.29. The molecule has 0 bridgehead atoms. The second kappa shape index (κ2) is 28.8. The van der Waals surface area contributed by atoms with Crippen molar-refractivity contribution in [2.75, 3.05) is 26.3 Å². The van der Waals surface area contributed by atoms with Crippen LogP contribution in [0.25, 0.3) is 32.7 Å². The Morgan fingerprint density at radius 3 is 1.94 bits per heavy atom. The number of ketones is 1. The molecule has 2 amide bonds. The van der Waals surface area contributed by atoms with Crippen LogP contribution >= 0.6 is 0 Å². The maximum atomic E-state index is 14.3. The third kappa shape index (κ3) is 16.9. The summed E-state index contributed by atoms with van der Waals surface area (Å²) in [4.78, 5) is 58.2. The van der Waals surface area contributed by atoms with Crippen LogP contribution in [-0.2, 0) is 30.5 Å². The normalized spacial score (nSPS) is 12.1. The number of rotatable bonds is 27. The number of unbranched alkanes of at least 4 members (excludes halogenated alkanes) is 1. The lowest BCUT2D eigenvalue weighted by Gasteiger charge is -2.23. The first-order valence-electron chi connectivity index (χ1n) is 22.6. The quantitative estimate of drug-likeness (QED) is 0.0124. The molecule has 0 aliphatic carbocycles. The molecule has 0 heterocycles. The van der Waals surface area contributed by atoms with E-state index in [2.05, 4.69) is 60.0 Å². The molecule has 0 aromatic heterocycles. The van der Waals surface area contributed by atoms with Crippen LogP contribution in [0.1, 0.15) is 70.8 Å². The fraction of sp³-hybridized carbons (Fsp3) is 0.365. The molecule has 360 valence electrons. The first kappa shape index (κ1) is 55.2. The summed E-state index contributed by atoms with van der Waals surface area (Å²) in [5.74, 6) is -1.09. The number of carbonyl (C=O) groups excluding carboxylic acids is 4. The van der Waals surface area contributed by atoms with Gasteiger partial charge in [0.05, 0.1) is 25.7 Å². The number of nitrogens with two attached hydrogens (primary N) is 2. The number of benzene rings is 5. The lowest BCUT2D eigenvalue weighted by atomic mass is 9.91. The number of fused-ring (bicyclic) bond motifs is 2. The number of hydrogen-bond acceptors (Lipinski definition) is 7. The highest BCUT2D eigenvalue weighted by atomic mass is 35.5. The predicted molar refractivity (Wildman–Crippen MR) is 255 cm³/mol. The minimum absolute atomic E-state index is 0. The zero-order valence-electron chi connectivity index (χ0n) is 38.6. The van der Waals surface area contributed by atoms with Gasteiger partial charge in [-0.25, -0.2) is 4.79 Å². The lowest BCUT2D eigenvalue weighted by molar-refractivity contribution is -0.459. The first-order valence-corrected chi connectivity index (χ1v) is 22.6. The summed E-state index contributed by atoms with van der Waals surface area (Å²) in [5.41, 5.74) is 17.6. The molecule has 0 spiro atoms. The fourth-order valence-electron chi connectivity index (χ4n) is 7.67. The molecule has 10 N–H and O–H groups in total. The highest BCUT2D eigenvalue weighted by Crippen LogP contribution is 2.45. The Kier molecular flexibility index (Phi) is 23.7. The average molecular weight is 958 g/mol. The van der Waals surface area contributed by atoms with Crippen LogP contribution in [0.15, 0.2) is 116 Å². The number of hydrogen-bond donors (Lipinski definition) is 6. The van der Waals surface area contributed by atoms with Crippen molar-refractivity contribution >= 4 is 51.1 Å². The van der Waals surface area contributed by atoms with Crippen molar-refractivity contribution < 1.29 is 68.9 Å². The Morgan fingerprint density at radius 2 is 1.34 bits per heavy atom. The van der Waals surface area contributed by atoms with E-state index in [9.17, 15) is 19.2 Å². The monoisotopic (exact) mass is 956 g/mol. The van der Waals surface area contributed by atoms with E-state index in [1.165, 1.54) is 6.08 Å². The Labute approximate surface area is 406 Å². The largest absolute Gasteiger partial charge is 1.00 e. The molecular formula is C52H66Cl2N6O7. The van der Waals surface area contributed by atoms with E-state index in [-0.39, 0.29) is 69.0 Å². The maximum Gasteiger partial charge on any atom is 0.338 e. The van der Waals surface area contributed by atoms with Crippen molar-refractivity contribution in [3.63, 3.8) is 0 Å². The van der Waals surface area contributed by atoms with Gasteiger partial charge in [-0.15, -0.1) is 6.58 Å². The Bertz CT molecular complexity index is 2410. The van der Waals surface area contributed by atoms with Crippen molar-refractivity contribution in [1.82, 2.24) is 10.6 Å². The molecule has 0 aliphatic rings. The van der Waals surface area contributed by atoms with E-state index < -0.39 is 35.8 Å². The van der Waals surface area contributed by atoms with Crippen molar-refractivity contribution in [2.24, 2.45) is 23.3 Å². The van der Waals surface area contributed by atoms with Gasteiger partial charge in [0, 0.05) is 23.5 Å². The third-order valence-corrected chi connectivity index (χ3v) is 11.2. The van der Waals surface area contributed by atoms with E-state index in [1.807, 2.05) is 84.9 Å². The van der Waals surface area contributed by atoms with E-state index in [1.54, 1.807) is 0 Å². The highest BCUT2D eigenvalue weighted by Gasteiger charge is 2.31. The van der Waals surface area contributed by atoms with Crippen LogP contribution in [0, 0.1) is 11.8 Å². The summed E-state index contributed by atoms with van der Waals surface area (Å²) in [6.07, 6.45) is 4.74. The number of nitrogens with one attached hydrogen (secondary N) is 3. The second-order valence-electron chi connectivity index (χ2n) is 16.7. The van der Waals surface area contributed by atoms with Crippen LogP contribution in [-0.4, -0.2) is 67.9 Å². The molecule has 13 nitrogen and oxygen atoms in total. The summed E-state index contributed by atoms with van der Waals surface area (Å²) in [5, 5.41) is 9.68.